The average Bonchev–Trinajstić information content (AvgIpc) is 2.33. The van der Waals surface area contributed by atoms with E-state index in [4.69, 9.17) is 0 Å². The van der Waals surface area contributed by atoms with Crippen LogP contribution >= 0.6 is 11.8 Å². The van der Waals surface area contributed by atoms with Gasteiger partial charge in [0.2, 0.25) is 0 Å². The summed E-state index contributed by atoms with van der Waals surface area (Å²) in [5.74, 6) is 2.63. The van der Waals surface area contributed by atoms with Crippen molar-refractivity contribution in [1.29, 1.82) is 0 Å². The van der Waals surface area contributed by atoms with Crippen LogP contribution < -0.4 is 5.32 Å². The van der Waals surface area contributed by atoms with Crippen molar-refractivity contribution in [2.24, 2.45) is 0 Å². The number of nitrogens with zero attached hydrogens (tertiary/aromatic N) is 1. The van der Waals surface area contributed by atoms with Crippen molar-refractivity contribution >= 4 is 11.8 Å². The van der Waals surface area contributed by atoms with Gasteiger partial charge in [-0.05, 0) is 49.8 Å². The van der Waals surface area contributed by atoms with Gasteiger partial charge < -0.3 is 5.32 Å². The van der Waals surface area contributed by atoms with Gasteiger partial charge in [-0.2, -0.15) is 11.8 Å². The molecule has 1 aliphatic rings. The van der Waals surface area contributed by atoms with Crippen LogP contribution in [0.25, 0.3) is 0 Å². The van der Waals surface area contributed by atoms with Crippen LogP contribution in [0, 0.1) is 6.92 Å². The maximum absolute atomic E-state index is 4.47. The fraction of sp³-hybridized carbons (Fsp3) is 0.643. The van der Waals surface area contributed by atoms with E-state index in [1.807, 2.05) is 12.3 Å². The highest BCUT2D eigenvalue weighted by Crippen LogP contribution is 2.18. The highest BCUT2D eigenvalue weighted by molar-refractivity contribution is 7.99. The summed E-state index contributed by atoms with van der Waals surface area (Å²) >= 11 is 2.08. The Kier molecular flexibility index (Phi) is 4.86. The van der Waals surface area contributed by atoms with Crippen LogP contribution in [-0.4, -0.2) is 28.6 Å². The summed E-state index contributed by atoms with van der Waals surface area (Å²) in [5, 5.41) is 3.74. The second-order valence-corrected chi connectivity index (χ2v) is 6.15. The maximum Gasteiger partial charge on any atom is 0.0448 e. The van der Waals surface area contributed by atoms with Crippen LogP contribution in [0.5, 0.6) is 0 Å². The zero-order valence-electron chi connectivity index (χ0n) is 10.8. The van der Waals surface area contributed by atoms with Crippen molar-refractivity contribution < 1.29 is 0 Å². The molecule has 2 heterocycles. The van der Waals surface area contributed by atoms with Gasteiger partial charge in [0, 0.05) is 30.4 Å². The number of rotatable bonds is 4. The molecule has 17 heavy (non-hydrogen) atoms. The lowest BCUT2D eigenvalue weighted by atomic mass is 10.1. The first-order chi connectivity index (χ1) is 8.25. The zero-order chi connectivity index (χ0) is 12.1. The molecule has 1 aliphatic heterocycles. The molecule has 0 spiro atoms. The van der Waals surface area contributed by atoms with Crippen molar-refractivity contribution in [3.05, 3.63) is 29.6 Å². The number of pyridine rings is 1. The lowest BCUT2D eigenvalue weighted by Crippen LogP contribution is -2.40. The van der Waals surface area contributed by atoms with E-state index in [9.17, 15) is 0 Å². The molecular formula is C14H22N2S. The Morgan fingerprint density at radius 2 is 2.24 bits per heavy atom. The SMILES string of the molecule is Cc1cccnc1CC(C)NC1CCSCC1. The van der Waals surface area contributed by atoms with Gasteiger partial charge in [0.25, 0.3) is 0 Å². The lowest BCUT2D eigenvalue weighted by molar-refractivity contribution is 0.419. The minimum absolute atomic E-state index is 0.525. The first-order valence-corrected chi connectivity index (χ1v) is 7.65. The molecule has 94 valence electrons. The van der Waals surface area contributed by atoms with E-state index in [-0.39, 0.29) is 0 Å². The van der Waals surface area contributed by atoms with E-state index in [0.717, 1.165) is 12.5 Å². The largest absolute Gasteiger partial charge is 0.311 e. The molecule has 1 unspecified atom stereocenters. The molecule has 0 radical (unpaired) electrons. The number of thioether (sulfide) groups is 1. The van der Waals surface area contributed by atoms with Crippen LogP contribution in [0.4, 0.5) is 0 Å². The molecular weight excluding hydrogens is 228 g/mol. The van der Waals surface area contributed by atoms with Gasteiger partial charge >= 0.3 is 0 Å². The first-order valence-electron chi connectivity index (χ1n) is 6.50. The van der Waals surface area contributed by atoms with Gasteiger partial charge in [-0.25, -0.2) is 0 Å². The fourth-order valence-corrected chi connectivity index (χ4v) is 3.45. The van der Waals surface area contributed by atoms with Gasteiger partial charge in [0.05, 0.1) is 0 Å². The third-order valence-electron chi connectivity index (χ3n) is 3.36. The van der Waals surface area contributed by atoms with E-state index in [1.54, 1.807) is 0 Å². The molecule has 1 saturated heterocycles. The number of hydrogen-bond acceptors (Lipinski definition) is 3. The van der Waals surface area contributed by atoms with Crippen molar-refractivity contribution in [2.75, 3.05) is 11.5 Å². The standard InChI is InChI=1S/C14H22N2S/c1-11-4-3-7-15-14(11)10-12(2)16-13-5-8-17-9-6-13/h3-4,7,12-13,16H,5-6,8-10H2,1-2H3. The van der Waals surface area contributed by atoms with E-state index >= 15 is 0 Å². The summed E-state index contributed by atoms with van der Waals surface area (Å²) in [6.45, 7) is 4.42. The fourth-order valence-electron chi connectivity index (χ4n) is 2.35. The number of aromatic nitrogens is 1. The molecule has 0 aliphatic carbocycles. The third kappa shape index (κ3) is 4.00. The van der Waals surface area contributed by atoms with Crippen molar-refractivity contribution in [2.45, 2.75) is 45.2 Å². The van der Waals surface area contributed by atoms with Gasteiger partial charge in [0.15, 0.2) is 0 Å². The zero-order valence-corrected chi connectivity index (χ0v) is 11.6. The van der Waals surface area contributed by atoms with Crippen LogP contribution in [-0.2, 0) is 6.42 Å². The normalized spacial score (nSPS) is 19.2. The van der Waals surface area contributed by atoms with Gasteiger partial charge in [-0.3, -0.25) is 4.98 Å². The highest BCUT2D eigenvalue weighted by Gasteiger charge is 2.16. The molecule has 2 nitrogen and oxygen atoms in total. The average molecular weight is 250 g/mol. The molecule has 0 saturated carbocycles. The van der Waals surface area contributed by atoms with Crippen molar-refractivity contribution in [3.63, 3.8) is 0 Å². The molecule has 0 aromatic carbocycles. The molecule has 1 N–H and O–H groups in total. The Labute approximate surface area is 109 Å². The predicted octanol–water partition coefficient (Wildman–Crippen LogP) is 2.81. The lowest BCUT2D eigenvalue weighted by Gasteiger charge is -2.26. The smallest absolute Gasteiger partial charge is 0.0448 e. The summed E-state index contributed by atoms with van der Waals surface area (Å²) in [7, 11) is 0. The van der Waals surface area contributed by atoms with Gasteiger partial charge in [-0.15, -0.1) is 0 Å². The Morgan fingerprint density at radius 3 is 2.94 bits per heavy atom. The second-order valence-electron chi connectivity index (χ2n) is 4.93. The predicted molar refractivity (Wildman–Crippen MR) is 75.6 cm³/mol. The third-order valence-corrected chi connectivity index (χ3v) is 4.41. The topological polar surface area (TPSA) is 24.9 Å². The molecule has 1 aromatic rings. The maximum atomic E-state index is 4.47. The van der Waals surface area contributed by atoms with Crippen LogP contribution in [0.1, 0.15) is 31.0 Å². The van der Waals surface area contributed by atoms with Crippen LogP contribution in [0.3, 0.4) is 0 Å². The number of aryl methyl sites for hydroxylation is 1. The van der Waals surface area contributed by atoms with E-state index in [0.29, 0.717) is 6.04 Å². The molecule has 1 fully saturated rings. The molecule has 0 amide bonds. The first kappa shape index (κ1) is 12.9. The molecule has 2 rings (SSSR count). The molecule has 1 aromatic heterocycles. The Bertz CT molecular complexity index is 348. The van der Waals surface area contributed by atoms with Crippen molar-refractivity contribution in [1.82, 2.24) is 10.3 Å². The highest BCUT2D eigenvalue weighted by atomic mass is 32.2. The summed E-state index contributed by atoms with van der Waals surface area (Å²) in [5.41, 5.74) is 2.54. The van der Waals surface area contributed by atoms with Gasteiger partial charge in [-0.1, -0.05) is 6.07 Å². The summed E-state index contributed by atoms with van der Waals surface area (Å²) in [6, 6.07) is 5.40. The van der Waals surface area contributed by atoms with E-state index in [2.05, 4.69) is 42.0 Å². The minimum atomic E-state index is 0.525. The van der Waals surface area contributed by atoms with E-state index < -0.39 is 0 Å². The number of nitrogens with one attached hydrogen (secondary N) is 1. The van der Waals surface area contributed by atoms with Crippen molar-refractivity contribution in [3.8, 4) is 0 Å². The second kappa shape index (κ2) is 6.41. The molecule has 1 atom stereocenters. The summed E-state index contributed by atoms with van der Waals surface area (Å²) < 4.78 is 0. The van der Waals surface area contributed by atoms with Crippen LogP contribution in [0.2, 0.25) is 0 Å². The summed E-state index contributed by atoms with van der Waals surface area (Å²) in [6.07, 6.45) is 5.56. The minimum Gasteiger partial charge on any atom is -0.311 e. The van der Waals surface area contributed by atoms with E-state index in [1.165, 1.54) is 35.6 Å². The summed E-state index contributed by atoms with van der Waals surface area (Å²) in [4.78, 5) is 4.47. The van der Waals surface area contributed by atoms with Gasteiger partial charge in [0.1, 0.15) is 0 Å². The monoisotopic (exact) mass is 250 g/mol. The quantitative estimate of drug-likeness (QED) is 0.889. The Hall–Kier alpha value is -0.540. The Balaban J connectivity index is 1.84. The number of hydrogen-bond donors (Lipinski definition) is 1. The molecule has 0 bridgehead atoms. The van der Waals surface area contributed by atoms with Crippen LogP contribution in [0.15, 0.2) is 18.3 Å². The molecule has 3 heteroatoms. The Morgan fingerprint density at radius 1 is 1.47 bits per heavy atom.